The second-order valence-corrected chi connectivity index (χ2v) is 11.2. The first-order valence-corrected chi connectivity index (χ1v) is 15.4. The number of rotatable bonds is 18. The summed E-state index contributed by atoms with van der Waals surface area (Å²) in [4.78, 5) is 51.7. The standard InChI is InChI=1S/C34H40N2O6S/c1-35-30(19-11-12-22-36-34(40)42-25-27-15-7-3-8-16-27)31(37)23-28(33(39)43-29-17-9-4-10-18-29)20-21-32(38)41-24-26-13-5-2-6-14-26/h2-10,13-18,28,30,35H,11-12,19-25H2,1H3,(H,36,40)/t28-,30+/m1/s1. The fourth-order valence-electron chi connectivity index (χ4n) is 4.38. The lowest BCUT2D eigenvalue weighted by atomic mass is 9.93. The normalized spacial score (nSPS) is 12.1. The Balaban J connectivity index is 1.45. The second kappa shape index (κ2) is 19.3. The molecule has 0 radical (unpaired) electrons. The van der Waals surface area contributed by atoms with Crippen molar-refractivity contribution in [1.82, 2.24) is 10.6 Å². The molecule has 2 atom stereocenters. The van der Waals surface area contributed by atoms with Crippen LogP contribution in [0.4, 0.5) is 4.79 Å². The molecule has 0 heterocycles. The number of carbonyl (C=O) groups is 4. The van der Waals surface area contributed by atoms with Crippen molar-refractivity contribution in [2.45, 2.75) is 62.7 Å². The number of carbonyl (C=O) groups excluding carboxylic acids is 4. The van der Waals surface area contributed by atoms with Gasteiger partial charge in [0.2, 0.25) is 0 Å². The van der Waals surface area contributed by atoms with Gasteiger partial charge in [0.25, 0.3) is 0 Å². The molecule has 0 aromatic heterocycles. The Labute approximate surface area is 257 Å². The monoisotopic (exact) mass is 604 g/mol. The summed E-state index contributed by atoms with van der Waals surface area (Å²) in [5.41, 5.74) is 1.80. The summed E-state index contributed by atoms with van der Waals surface area (Å²) in [6.07, 6.45) is 1.74. The molecule has 0 aliphatic rings. The van der Waals surface area contributed by atoms with Gasteiger partial charge in [-0.1, -0.05) is 90.6 Å². The largest absolute Gasteiger partial charge is 0.461 e. The lowest BCUT2D eigenvalue weighted by molar-refractivity contribution is -0.145. The summed E-state index contributed by atoms with van der Waals surface area (Å²) in [6.45, 7) is 0.797. The van der Waals surface area contributed by atoms with Crippen molar-refractivity contribution in [2.24, 2.45) is 5.92 Å². The van der Waals surface area contributed by atoms with Crippen molar-refractivity contribution < 1.29 is 28.7 Å². The molecule has 0 bridgehead atoms. The molecule has 3 aromatic rings. The molecule has 228 valence electrons. The molecule has 0 unspecified atom stereocenters. The van der Waals surface area contributed by atoms with Crippen LogP contribution in [0, 0.1) is 5.92 Å². The fraction of sp³-hybridized carbons (Fsp3) is 0.353. The summed E-state index contributed by atoms with van der Waals surface area (Å²) < 4.78 is 10.6. The van der Waals surface area contributed by atoms with E-state index in [1.165, 1.54) is 0 Å². The molecular weight excluding hydrogens is 564 g/mol. The highest BCUT2D eigenvalue weighted by Gasteiger charge is 2.27. The van der Waals surface area contributed by atoms with E-state index in [0.29, 0.717) is 25.8 Å². The summed E-state index contributed by atoms with van der Waals surface area (Å²) >= 11 is 1.09. The van der Waals surface area contributed by atoms with Gasteiger partial charge in [-0.05, 0) is 56.0 Å². The van der Waals surface area contributed by atoms with E-state index in [1.807, 2.05) is 91.0 Å². The average molecular weight is 605 g/mol. The van der Waals surface area contributed by atoms with Crippen LogP contribution < -0.4 is 10.6 Å². The van der Waals surface area contributed by atoms with Gasteiger partial charge in [0.1, 0.15) is 19.0 Å². The second-order valence-electron chi connectivity index (χ2n) is 10.1. The number of unbranched alkanes of at least 4 members (excludes halogenated alkanes) is 1. The van der Waals surface area contributed by atoms with E-state index in [-0.39, 0.29) is 43.4 Å². The van der Waals surface area contributed by atoms with Gasteiger partial charge < -0.3 is 20.1 Å². The highest BCUT2D eigenvalue weighted by molar-refractivity contribution is 8.13. The van der Waals surface area contributed by atoms with Gasteiger partial charge in [-0.2, -0.15) is 0 Å². The smallest absolute Gasteiger partial charge is 0.407 e. The van der Waals surface area contributed by atoms with Crippen LogP contribution in [0.15, 0.2) is 95.9 Å². The van der Waals surface area contributed by atoms with Crippen molar-refractivity contribution >= 4 is 34.7 Å². The molecule has 0 saturated carbocycles. The van der Waals surface area contributed by atoms with E-state index in [1.54, 1.807) is 7.05 Å². The first-order valence-electron chi connectivity index (χ1n) is 14.6. The number of ketones is 1. The molecule has 43 heavy (non-hydrogen) atoms. The van der Waals surface area contributed by atoms with Gasteiger partial charge in [-0.25, -0.2) is 4.79 Å². The number of nitrogens with one attached hydrogen (secondary N) is 2. The van der Waals surface area contributed by atoms with Gasteiger partial charge in [0.05, 0.1) is 6.04 Å². The summed E-state index contributed by atoms with van der Waals surface area (Å²) in [5.74, 6) is -1.11. The van der Waals surface area contributed by atoms with Crippen molar-refractivity contribution in [3.8, 4) is 0 Å². The molecule has 9 heteroatoms. The zero-order chi connectivity index (χ0) is 30.7. The number of amides is 1. The predicted octanol–water partition coefficient (Wildman–Crippen LogP) is 6.09. The van der Waals surface area contributed by atoms with Gasteiger partial charge in [-0.3, -0.25) is 14.4 Å². The van der Waals surface area contributed by atoms with Crippen LogP contribution in [-0.4, -0.2) is 42.6 Å². The number of ether oxygens (including phenoxy) is 2. The zero-order valence-electron chi connectivity index (χ0n) is 24.5. The molecular formula is C34H40N2O6S. The van der Waals surface area contributed by atoms with Crippen LogP contribution in [-0.2, 0) is 37.1 Å². The Morgan fingerprint density at radius 2 is 1.33 bits per heavy atom. The number of likely N-dealkylation sites (N-methyl/N-ethyl adjacent to an activating group) is 1. The summed E-state index contributed by atoms with van der Waals surface area (Å²) in [7, 11) is 1.72. The van der Waals surface area contributed by atoms with Gasteiger partial charge >= 0.3 is 12.1 Å². The maximum Gasteiger partial charge on any atom is 0.407 e. The lowest BCUT2D eigenvalue weighted by Gasteiger charge is -2.19. The maximum atomic E-state index is 13.3. The first kappa shape index (κ1) is 33.6. The third-order valence-electron chi connectivity index (χ3n) is 6.82. The molecule has 0 aliphatic heterocycles. The van der Waals surface area contributed by atoms with Crippen molar-refractivity contribution in [1.29, 1.82) is 0 Å². The van der Waals surface area contributed by atoms with E-state index < -0.39 is 24.0 Å². The molecule has 0 spiro atoms. The van der Waals surface area contributed by atoms with Crippen LogP contribution in [0.25, 0.3) is 0 Å². The first-order chi connectivity index (χ1) is 20.9. The van der Waals surface area contributed by atoms with E-state index in [0.717, 1.165) is 27.8 Å². The van der Waals surface area contributed by atoms with E-state index in [4.69, 9.17) is 9.47 Å². The fourth-order valence-corrected chi connectivity index (χ4v) is 5.28. The molecule has 3 aromatic carbocycles. The zero-order valence-corrected chi connectivity index (χ0v) is 25.4. The Hall–Kier alpha value is -3.95. The number of thioether (sulfide) groups is 1. The third-order valence-corrected chi connectivity index (χ3v) is 7.86. The summed E-state index contributed by atoms with van der Waals surface area (Å²) in [6, 6.07) is 27.7. The number of alkyl carbamates (subject to hydrolysis) is 1. The summed E-state index contributed by atoms with van der Waals surface area (Å²) in [5, 5.41) is 5.65. The Morgan fingerprint density at radius 1 is 0.744 bits per heavy atom. The SMILES string of the molecule is CN[C@@H](CCCCNC(=O)OCc1ccccc1)C(=O)C[C@@H](CCC(=O)OCc1ccccc1)C(=O)Sc1ccccc1. The third kappa shape index (κ3) is 13.3. The Kier molecular flexibility index (Phi) is 15.0. The van der Waals surface area contributed by atoms with Gasteiger partial charge in [-0.15, -0.1) is 0 Å². The molecule has 0 aliphatic carbocycles. The quantitative estimate of drug-likeness (QED) is 0.102. The minimum Gasteiger partial charge on any atom is -0.461 e. The van der Waals surface area contributed by atoms with Crippen LogP contribution in [0.1, 0.15) is 49.7 Å². The van der Waals surface area contributed by atoms with Gasteiger partial charge in [0, 0.05) is 30.2 Å². The topological polar surface area (TPSA) is 111 Å². The molecule has 1 amide bonds. The van der Waals surface area contributed by atoms with Crippen LogP contribution in [0.5, 0.6) is 0 Å². The maximum absolute atomic E-state index is 13.3. The highest BCUT2D eigenvalue weighted by Crippen LogP contribution is 2.27. The molecule has 3 rings (SSSR count). The predicted molar refractivity (Wildman–Crippen MR) is 167 cm³/mol. The highest BCUT2D eigenvalue weighted by atomic mass is 32.2. The number of Topliss-reactive ketones (excluding diaryl/α,β-unsaturated/α-hetero) is 1. The Bertz CT molecular complexity index is 1270. The lowest BCUT2D eigenvalue weighted by Crippen LogP contribution is -2.36. The Morgan fingerprint density at radius 3 is 1.93 bits per heavy atom. The number of hydrogen-bond donors (Lipinski definition) is 2. The van der Waals surface area contributed by atoms with Crippen molar-refractivity contribution in [3.63, 3.8) is 0 Å². The van der Waals surface area contributed by atoms with Gasteiger partial charge in [0.15, 0.2) is 5.12 Å². The van der Waals surface area contributed by atoms with Crippen LogP contribution in [0.3, 0.4) is 0 Å². The molecule has 8 nitrogen and oxygen atoms in total. The average Bonchev–Trinajstić information content (AvgIpc) is 3.04. The minimum absolute atomic E-state index is 0.0280. The number of hydrogen-bond acceptors (Lipinski definition) is 8. The van der Waals surface area contributed by atoms with Crippen molar-refractivity contribution in [2.75, 3.05) is 13.6 Å². The van der Waals surface area contributed by atoms with Crippen molar-refractivity contribution in [3.05, 3.63) is 102 Å². The number of esters is 1. The molecule has 0 fully saturated rings. The minimum atomic E-state index is -0.626. The molecule has 0 saturated heterocycles. The van der Waals surface area contributed by atoms with E-state index in [2.05, 4.69) is 10.6 Å². The van der Waals surface area contributed by atoms with Crippen LogP contribution >= 0.6 is 11.8 Å². The van der Waals surface area contributed by atoms with E-state index in [9.17, 15) is 19.2 Å². The van der Waals surface area contributed by atoms with E-state index >= 15 is 0 Å². The van der Waals surface area contributed by atoms with Crippen LogP contribution in [0.2, 0.25) is 0 Å². The molecule has 2 N–H and O–H groups in total. The number of benzene rings is 3.